The van der Waals surface area contributed by atoms with Gasteiger partial charge in [-0.2, -0.15) is 0 Å². The maximum Gasteiger partial charge on any atom is 0.164 e. The van der Waals surface area contributed by atoms with E-state index in [-0.39, 0.29) is 0 Å². The topological polar surface area (TPSA) is 51.8 Å². The summed E-state index contributed by atoms with van der Waals surface area (Å²) in [7, 11) is 0. The summed E-state index contributed by atoms with van der Waals surface area (Å²) in [5.41, 5.74) is 16.4. The van der Waals surface area contributed by atoms with Gasteiger partial charge >= 0.3 is 0 Å². The summed E-state index contributed by atoms with van der Waals surface area (Å²) in [6.07, 6.45) is 18.0. The first-order valence-electron chi connectivity index (χ1n) is 21.1. The molecule has 0 bridgehead atoms. The Labute approximate surface area is 355 Å². The molecule has 9 aromatic rings. The van der Waals surface area contributed by atoms with Crippen LogP contribution in [0.25, 0.3) is 101 Å². The largest absolute Gasteiger partial charge is 0.456 e. The van der Waals surface area contributed by atoms with Gasteiger partial charge in [0, 0.05) is 27.5 Å². The second-order valence-corrected chi connectivity index (χ2v) is 15.8. The van der Waals surface area contributed by atoms with E-state index in [0.717, 1.165) is 81.0 Å². The zero-order valence-electron chi connectivity index (χ0n) is 33.6. The van der Waals surface area contributed by atoms with Crippen molar-refractivity contribution >= 4 is 33.1 Å². The molecule has 11 rings (SSSR count). The molecule has 4 heteroatoms. The minimum Gasteiger partial charge on any atom is -0.456 e. The van der Waals surface area contributed by atoms with Crippen molar-refractivity contribution in [1.82, 2.24) is 15.0 Å². The Morgan fingerprint density at radius 2 is 0.820 bits per heavy atom. The molecular formula is C57H41N3O. The predicted molar refractivity (Wildman–Crippen MR) is 252 cm³/mol. The van der Waals surface area contributed by atoms with E-state index in [2.05, 4.69) is 158 Å². The van der Waals surface area contributed by atoms with E-state index in [0.29, 0.717) is 17.5 Å². The molecule has 0 N–H and O–H groups in total. The summed E-state index contributed by atoms with van der Waals surface area (Å²) >= 11 is 0. The quantitative estimate of drug-likeness (QED) is 0.154. The molecule has 2 heterocycles. The lowest BCUT2D eigenvalue weighted by molar-refractivity contribution is 0.669. The Kier molecular flexibility index (Phi) is 9.44. The normalized spacial score (nSPS) is 13.7. The first kappa shape index (κ1) is 36.4. The van der Waals surface area contributed by atoms with Gasteiger partial charge in [-0.25, -0.2) is 15.0 Å². The third-order valence-corrected chi connectivity index (χ3v) is 11.8. The van der Waals surface area contributed by atoms with E-state index in [1.807, 2.05) is 42.5 Å². The molecule has 0 spiro atoms. The number of hydrogen-bond donors (Lipinski definition) is 0. The minimum atomic E-state index is 0.601. The van der Waals surface area contributed by atoms with E-state index in [4.69, 9.17) is 19.4 Å². The summed E-state index contributed by atoms with van der Waals surface area (Å²) < 4.78 is 6.51. The lowest BCUT2D eigenvalue weighted by Gasteiger charge is -2.11. The molecule has 2 aliphatic rings. The van der Waals surface area contributed by atoms with Gasteiger partial charge in [0.05, 0.1) is 0 Å². The molecule has 0 unspecified atom stereocenters. The summed E-state index contributed by atoms with van der Waals surface area (Å²) in [6, 6.07) is 57.9. The van der Waals surface area contributed by atoms with Crippen molar-refractivity contribution in [2.45, 2.75) is 25.7 Å². The Morgan fingerprint density at radius 3 is 1.43 bits per heavy atom. The van der Waals surface area contributed by atoms with Gasteiger partial charge < -0.3 is 4.42 Å². The standard InChI is InChI=1S/C57H41N3O/c1-4-14-38(15-5-1)40-28-30-42(31-29-40)56-58-55(41-18-8-3-9-19-41)59-57(60-56)50-26-13-27-53-54(50)51-37-49(32-33-52(51)61-53)48-25-12-24-47(36-48)46-23-11-22-45(35-46)44-21-10-20-43(34-44)39-16-6-2-7-17-39/h3-4,6,8-37H,1-2,5,7H2. The lowest BCUT2D eigenvalue weighted by atomic mass is 9.93. The van der Waals surface area contributed by atoms with Crippen LogP contribution in [0, 0.1) is 0 Å². The molecule has 0 radical (unpaired) electrons. The van der Waals surface area contributed by atoms with Crippen molar-refractivity contribution in [1.29, 1.82) is 0 Å². The average molecular weight is 784 g/mol. The number of fused-ring (bicyclic) bond motifs is 3. The van der Waals surface area contributed by atoms with Crippen molar-refractivity contribution < 1.29 is 4.42 Å². The number of aromatic nitrogens is 3. The van der Waals surface area contributed by atoms with Crippen LogP contribution in [0.5, 0.6) is 0 Å². The smallest absolute Gasteiger partial charge is 0.164 e. The summed E-state index contributed by atoms with van der Waals surface area (Å²) in [6.45, 7) is 0. The molecule has 2 aliphatic carbocycles. The van der Waals surface area contributed by atoms with Crippen LogP contribution >= 0.6 is 0 Å². The van der Waals surface area contributed by atoms with Crippen LogP contribution in [0.3, 0.4) is 0 Å². The van der Waals surface area contributed by atoms with Crippen molar-refractivity contribution in [3.63, 3.8) is 0 Å². The van der Waals surface area contributed by atoms with Gasteiger partial charge in [-0.3, -0.25) is 0 Å². The summed E-state index contributed by atoms with van der Waals surface area (Å²) in [5.74, 6) is 1.85. The maximum absolute atomic E-state index is 6.51. The number of rotatable bonds is 8. The first-order valence-corrected chi connectivity index (χ1v) is 21.1. The van der Waals surface area contributed by atoms with Crippen LogP contribution in [-0.4, -0.2) is 15.0 Å². The third kappa shape index (κ3) is 7.23. The zero-order chi connectivity index (χ0) is 40.5. The fourth-order valence-corrected chi connectivity index (χ4v) is 8.64. The number of nitrogens with zero attached hydrogens (tertiary/aromatic N) is 3. The molecular weight excluding hydrogens is 743 g/mol. The van der Waals surface area contributed by atoms with Crippen molar-refractivity contribution in [3.05, 3.63) is 211 Å². The number of furan rings is 1. The molecule has 2 aromatic heterocycles. The average Bonchev–Trinajstić information content (AvgIpc) is 3.73. The minimum absolute atomic E-state index is 0.601. The highest BCUT2D eigenvalue weighted by Gasteiger charge is 2.19. The Balaban J connectivity index is 0.974. The number of benzene rings is 7. The van der Waals surface area contributed by atoms with Crippen LogP contribution in [0.15, 0.2) is 205 Å². The second kappa shape index (κ2) is 15.8. The van der Waals surface area contributed by atoms with E-state index in [9.17, 15) is 0 Å². The van der Waals surface area contributed by atoms with Gasteiger partial charge in [0.1, 0.15) is 11.2 Å². The molecule has 0 atom stereocenters. The van der Waals surface area contributed by atoms with E-state index >= 15 is 0 Å². The molecule has 0 saturated heterocycles. The first-order chi connectivity index (χ1) is 30.2. The van der Waals surface area contributed by atoms with Crippen molar-refractivity contribution in [3.8, 4) is 67.5 Å². The molecule has 0 aliphatic heterocycles. The molecule has 0 amide bonds. The van der Waals surface area contributed by atoms with Crippen LogP contribution in [0.2, 0.25) is 0 Å². The summed E-state index contributed by atoms with van der Waals surface area (Å²) in [4.78, 5) is 15.3. The Bertz CT molecular complexity index is 3240. The van der Waals surface area contributed by atoms with Gasteiger partial charge in [0.25, 0.3) is 0 Å². The van der Waals surface area contributed by atoms with Crippen molar-refractivity contribution in [2.24, 2.45) is 0 Å². The maximum atomic E-state index is 6.51. The SMILES string of the molecule is C1=CC(c2ccc(-c3nc(-c4ccccc4)nc(-c4cccc5oc6ccc(-c7cccc(-c8cccc(-c9cccc(C%10=CCCC=C%10)c9)c8)c7)cc6c45)n3)cc2)=CCC1. The number of hydrogen-bond acceptors (Lipinski definition) is 4. The van der Waals surface area contributed by atoms with Gasteiger partial charge in [-0.1, -0.05) is 164 Å². The lowest BCUT2D eigenvalue weighted by Crippen LogP contribution is -2.00. The summed E-state index contributed by atoms with van der Waals surface area (Å²) in [5, 5.41) is 1.99. The highest BCUT2D eigenvalue weighted by atomic mass is 16.3. The van der Waals surface area contributed by atoms with E-state index in [1.54, 1.807) is 0 Å². The Morgan fingerprint density at radius 1 is 0.344 bits per heavy atom. The fourth-order valence-electron chi connectivity index (χ4n) is 8.64. The number of allylic oxidation sites excluding steroid dienone is 8. The van der Waals surface area contributed by atoms with Crippen LogP contribution in [0.4, 0.5) is 0 Å². The third-order valence-electron chi connectivity index (χ3n) is 11.8. The molecule has 0 fully saturated rings. The Hall–Kier alpha value is -7.69. The molecule has 61 heavy (non-hydrogen) atoms. The monoisotopic (exact) mass is 783 g/mol. The second-order valence-electron chi connectivity index (χ2n) is 15.8. The highest BCUT2D eigenvalue weighted by Crippen LogP contribution is 2.39. The van der Waals surface area contributed by atoms with Crippen LogP contribution in [-0.2, 0) is 0 Å². The molecule has 290 valence electrons. The zero-order valence-corrected chi connectivity index (χ0v) is 33.6. The molecule has 7 aromatic carbocycles. The van der Waals surface area contributed by atoms with Gasteiger partial charge in [0.15, 0.2) is 17.5 Å². The van der Waals surface area contributed by atoms with Crippen LogP contribution < -0.4 is 0 Å². The highest BCUT2D eigenvalue weighted by molar-refractivity contribution is 6.12. The van der Waals surface area contributed by atoms with E-state index < -0.39 is 0 Å². The van der Waals surface area contributed by atoms with Gasteiger partial charge in [0.2, 0.25) is 0 Å². The molecule has 4 nitrogen and oxygen atoms in total. The fraction of sp³-hybridized carbons (Fsp3) is 0.0702. The van der Waals surface area contributed by atoms with Crippen LogP contribution in [0.1, 0.15) is 36.8 Å². The van der Waals surface area contributed by atoms with Gasteiger partial charge in [-0.05, 0) is 118 Å². The van der Waals surface area contributed by atoms with Gasteiger partial charge in [-0.15, -0.1) is 0 Å². The predicted octanol–water partition coefficient (Wildman–Crippen LogP) is 15.2. The van der Waals surface area contributed by atoms with E-state index in [1.165, 1.54) is 39.0 Å². The molecule has 0 saturated carbocycles. The van der Waals surface area contributed by atoms with Crippen molar-refractivity contribution in [2.75, 3.05) is 0 Å².